The lowest BCUT2D eigenvalue weighted by Crippen LogP contribution is -2.42. The lowest BCUT2D eigenvalue weighted by Gasteiger charge is -2.32. The second-order valence-corrected chi connectivity index (χ2v) is 7.29. The molecule has 7 nitrogen and oxygen atoms in total. The van der Waals surface area contributed by atoms with Gasteiger partial charge in [-0.05, 0) is 43.5 Å². The number of furan rings is 1. The van der Waals surface area contributed by atoms with E-state index in [1.807, 2.05) is 35.2 Å². The van der Waals surface area contributed by atoms with Gasteiger partial charge >= 0.3 is 0 Å². The minimum Gasteiger partial charge on any atom is -0.459 e. The number of benzene rings is 1. The number of hydrogen-bond donors (Lipinski definition) is 0. The summed E-state index contributed by atoms with van der Waals surface area (Å²) < 4.78 is 11.2. The van der Waals surface area contributed by atoms with Crippen LogP contribution in [0.5, 0.6) is 0 Å². The molecule has 3 aromatic rings. The van der Waals surface area contributed by atoms with Crippen LogP contribution in [-0.4, -0.2) is 45.5 Å². The third kappa shape index (κ3) is 4.40. The van der Waals surface area contributed by atoms with E-state index >= 15 is 0 Å². The van der Waals surface area contributed by atoms with E-state index in [1.165, 1.54) is 0 Å². The molecule has 1 atom stereocenters. The highest BCUT2D eigenvalue weighted by Crippen LogP contribution is 2.28. The minimum atomic E-state index is -0.367. The van der Waals surface area contributed by atoms with Crippen molar-refractivity contribution in [2.45, 2.75) is 38.8 Å². The summed E-state index contributed by atoms with van der Waals surface area (Å²) >= 11 is 0. The molecule has 0 radical (unpaired) electrons. The maximum Gasteiger partial charge on any atom is 0.283 e. The molecule has 29 heavy (non-hydrogen) atoms. The topological polar surface area (TPSA) is 75.6 Å². The Kier molecular flexibility index (Phi) is 6.05. The van der Waals surface area contributed by atoms with Gasteiger partial charge in [0.05, 0.1) is 12.8 Å². The molecule has 0 N–H and O–H groups in total. The highest BCUT2D eigenvalue weighted by atomic mass is 16.4. The second kappa shape index (κ2) is 9.05. The molecule has 0 bridgehead atoms. The Morgan fingerprint density at radius 3 is 2.62 bits per heavy atom. The number of aromatic nitrogens is 2. The Labute approximate surface area is 170 Å². The molecule has 152 valence electrons. The molecule has 0 aliphatic carbocycles. The van der Waals surface area contributed by atoms with E-state index in [4.69, 9.17) is 8.83 Å². The SMILES string of the molecule is CCCN(Cc1nnc(-c2ccco2)o1)C(C(=O)N1CCCC1)c1ccccc1. The fourth-order valence-electron chi connectivity index (χ4n) is 3.83. The largest absolute Gasteiger partial charge is 0.459 e. The number of carbonyl (C=O) groups excluding carboxylic acids is 1. The molecular weight excluding hydrogens is 368 g/mol. The molecule has 7 heteroatoms. The summed E-state index contributed by atoms with van der Waals surface area (Å²) in [6.07, 6.45) is 4.62. The number of amides is 1. The number of hydrogen-bond acceptors (Lipinski definition) is 6. The summed E-state index contributed by atoms with van der Waals surface area (Å²) in [7, 11) is 0. The minimum absolute atomic E-state index is 0.146. The molecule has 1 saturated heterocycles. The van der Waals surface area contributed by atoms with Gasteiger partial charge in [-0.1, -0.05) is 37.3 Å². The van der Waals surface area contributed by atoms with Crippen LogP contribution in [0.15, 0.2) is 57.6 Å². The lowest BCUT2D eigenvalue weighted by molar-refractivity contribution is -0.136. The molecule has 1 aliphatic rings. The highest BCUT2D eigenvalue weighted by molar-refractivity contribution is 5.83. The van der Waals surface area contributed by atoms with E-state index in [1.54, 1.807) is 18.4 Å². The molecule has 1 aromatic carbocycles. The van der Waals surface area contributed by atoms with Crippen molar-refractivity contribution in [2.75, 3.05) is 19.6 Å². The Bertz CT molecular complexity index is 901. The van der Waals surface area contributed by atoms with Gasteiger partial charge < -0.3 is 13.7 Å². The molecule has 3 heterocycles. The zero-order chi connectivity index (χ0) is 20.1. The summed E-state index contributed by atoms with van der Waals surface area (Å²) in [6.45, 7) is 4.91. The first kappa shape index (κ1) is 19.4. The fraction of sp³-hybridized carbons (Fsp3) is 0.409. The van der Waals surface area contributed by atoms with E-state index in [-0.39, 0.29) is 11.9 Å². The van der Waals surface area contributed by atoms with Crippen LogP contribution in [0.4, 0.5) is 0 Å². The van der Waals surface area contributed by atoms with Crippen LogP contribution >= 0.6 is 0 Å². The first-order valence-corrected chi connectivity index (χ1v) is 10.2. The Morgan fingerprint density at radius 2 is 1.93 bits per heavy atom. The van der Waals surface area contributed by atoms with Gasteiger partial charge in [-0.3, -0.25) is 9.69 Å². The first-order chi connectivity index (χ1) is 14.3. The van der Waals surface area contributed by atoms with Crippen LogP contribution in [0.2, 0.25) is 0 Å². The Balaban J connectivity index is 1.61. The van der Waals surface area contributed by atoms with E-state index in [9.17, 15) is 4.79 Å². The van der Waals surface area contributed by atoms with Crippen molar-refractivity contribution in [1.29, 1.82) is 0 Å². The summed E-state index contributed by atoms with van der Waals surface area (Å²) in [5.74, 6) is 1.51. The molecule has 1 unspecified atom stereocenters. The molecule has 4 rings (SSSR count). The van der Waals surface area contributed by atoms with Crippen LogP contribution in [0.1, 0.15) is 43.7 Å². The third-order valence-corrected chi connectivity index (χ3v) is 5.18. The average Bonchev–Trinajstić information content (AvgIpc) is 3.50. The predicted octanol–water partition coefficient (Wildman–Crippen LogP) is 3.91. The van der Waals surface area contributed by atoms with E-state index in [2.05, 4.69) is 22.0 Å². The van der Waals surface area contributed by atoms with Crippen molar-refractivity contribution in [3.63, 3.8) is 0 Å². The second-order valence-electron chi connectivity index (χ2n) is 7.29. The summed E-state index contributed by atoms with van der Waals surface area (Å²) in [5.41, 5.74) is 0.989. The zero-order valence-corrected chi connectivity index (χ0v) is 16.7. The lowest BCUT2D eigenvalue weighted by atomic mass is 10.0. The van der Waals surface area contributed by atoms with Crippen molar-refractivity contribution in [3.05, 3.63) is 60.2 Å². The normalized spacial score (nSPS) is 15.2. The predicted molar refractivity (Wildman–Crippen MR) is 108 cm³/mol. The fourth-order valence-corrected chi connectivity index (χ4v) is 3.83. The van der Waals surface area contributed by atoms with Crippen LogP contribution in [0.25, 0.3) is 11.7 Å². The number of nitrogens with zero attached hydrogens (tertiary/aromatic N) is 4. The van der Waals surface area contributed by atoms with E-state index < -0.39 is 0 Å². The molecule has 2 aromatic heterocycles. The van der Waals surface area contributed by atoms with E-state index in [0.717, 1.165) is 44.5 Å². The maximum atomic E-state index is 13.4. The van der Waals surface area contributed by atoms with Gasteiger partial charge in [-0.15, -0.1) is 10.2 Å². The van der Waals surface area contributed by atoms with Crippen molar-refractivity contribution in [1.82, 2.24) is 20.0 Å². The van der Waals surface area contributed by atoms with Gasteiger partial charge in [0, 0.05) is 13.1 Å². The Morgan fingerprint density at radius 1 is 1.14 bits per heavy atom. The van der Waals surface area contributed by atoms with Crippen LogP contribution in [0.3, 0.4) is 0 Å². The van der Waals surface area contributed by atoms with Crippen molar-refractivity contribution < 1.29 is 13.6 Å². The first-order valence-electron chi connectivity index (χ1n) is 10.2. The van der Waals surface area contributed by atoms with Crippen molar-refractivity contribution in [2.24, 2.45) is 0 Å². The van der Waals surface area contributed by atoms with Gasteiger partial charge in [-0.25, -0.2) is 0 Å². The van der Waals surface area contributed by atoms with Crippen LogP contribution < -0.4 is 0 Å². The third-order valence-electron chi connectivity index (χ3n) is 5.18. The highest BCUT2D eigenvalue weighted by Gasteiger charge is 2.33. The molecule has 1 fully saturated rings. The number of carbonyl (C=O) groups is 1. The summed E-state index contributed by atoms with van der Waals surface area (Å²) in [6, 6.07) is 13.2. The molecule has 0 saturated carbocycles. The van der Waals surface area contributed by atoms with Crippen molar-refractivity contribution >= 4 is 5.91 Å². The van der Waals surface area contributed by atoms with Gasteiger partial charge in [0.25, 0.3) is 5.89 Å². The van der Waals surface area contributed by atoms with Crippen LogP contribution in [-0.2, 0) is 11.3 Å². The quantitative estimate of drug-likeness (QED) is 0.577. The van der Waals surface area contributed by atoms with Gasteiger partial charge in [0.2, 0.25) is 11.8 Å². The van der Waals surface area contributed by atoms with Gasteiger partial charge in [-0.2, -0.15) is 0 Å². The average molecular weight is 394 g/mol. The standard InChI is InChI=1S/C22H26N4O3/c1-2-12-26(16-19-23-24-21(29-19)18-11-8-15-28-18)20(17-9-4-3-5-10-17)22(27)25-13-6-7-14-25/h3-5,8-11,15,20H,2,6-7,12-14,16H2,1H3. The van der Waals surface area contributed by atoms with Gasteiger partial charge in [0.15, 0.2) is 5.76 Å². The number of likely N-dealkylation sites (tertiary alicyclic amines) is 1. The molecule has 1 aliphatic heterocycles. The van der Waals surface area contributed by atoms with E-state index in [0.29, 0.717) is 24.1 Å². The summed E-state index contributed by atoms with van der Waals surface area (Å²) in [4.78, 5) is 17.6. The smallest absolute Gasteiger partial charge is 0.283 e. The Hall–Kier alpha value is -2.93. The maximum absolute atomic E-state index is 13.4. The molecular formula is C22H26N4O3. The van der Waals surface area contributed by atoms with Crippen molar-refractivity contribution in [3.8, 4) is 11.7 Å². The monoisotopic (exact) mass is 394 g/mol. The number of rotatable bonds is 8. The summed E-state index contributed by atoms with van der Waals surface area (Å²) in [5, 5.41) is 8.28. The van der Waals surface area contributed by atoms with Crippen LogP contribution in [0, 0.1) is 0 Å². The zero-order valence-electron chi connectivity index (χ0n) is 16.7. The van der Waals surface area contributed by atoms with Gasteiger partial charge in [0.1, 0.15) is 6.04 Å². The molecule has 1 amide bonds. The molecule has 0 spiro atoms.